The molecule has 23 heavy (non-hydrogen) atoms. The number of rotatable bonds is 9. The number of aliphatic hydroxyl groups is 1. The van der Waals surface area contributed by atoms with Gasteiger partial charge in [-0.15, -0.1) is 0 Å². The normalized spacial score (nSPS) is 11.6. The van der Waals surface area contributed by atoms with E-state index < -0.39 is 17.9 Å². The van der Waals surface area contributed by atoms with Crippen molar-refractivity contribution >= 4 is 17.5 Å². The van der Waals surface area contributed by atoms with Crippen LogP contribution in [0.15, 0.2) is 24.3 Å². The van der Waals surface area contributed by atoms with Crippen LogP contribution in [0, 0.1) is 0 Å². The van der Waals surface area contributed by atoms with Gasteiger partial charge in [0.15, 0.2) is 0 Å². The fourth-order valence-corrected chi connectivity index (χ4v) is 1.89. The third-order valence-electron chi connectivity index (χ3n) is 3.38. The summed E-state index contributed by atoms with van der Waals surface area (Å²) in [6, 6.07) is 6.46. The predicted octanol–water partition coefficient (Wildman–Crippen LogP) is 2.08. The number of carbonyl (C=O) groups excluding carboxylic acids is 2. The highest BCUT2D eigenvalue weighted by Crippen LogP contribution is 2.16. The van der Waals surface area contributed by atoms with Crippen molar-refractivity contribution in [3.8, 4) is 5.75 Å². The van der Waals surface area contributed by atoms with Gasteiger partial charge in [0.1, 0.15) is 5.75 Å². The van der Waals surface area contributed by atoms with Gasteiger partial charge in [0.25, 0.3) is 0 Å². The Balaban J connectivity index is 2.44. The number of benzene rings is 1. The molecule has 0 fully saturated rings. The van der Waals surface area contributed by atoms with E-state index >= 15 is 0 Å². The highest BCUT2D eigenvalue weighted by molar-refractivity contribution is 6.39. The lowest BCUT2D eigenvalue weighted by Gasteiger charge is -2.13. The molecule has 128 valence electrons. The summed E-state index contributed by atoms with van der Waals surface area (Å²) in [5, 5.41) is 14.0. The number of unbranched alkanes of at least 4 members (excludes halogenated alkanes) is 2. The van der Waals surface area contributed by atoms with Crippen LogP contribution in [-0.2, 0) is 9.59 Å². The molecule has 0 heterocycles. The number of aliphatic hydroxyl groups excluding tert-OH is 1. The van der Waals surface area contributed by atoms with Crippen molar-refractivity contribution in [3.63, 3.8) is 0 Å². The lowest BCUT2D eigenvalue weighted by molar-refractivity contribution is -0.136. The summed E-state index contributed by atoms with van der Waals surface area (Å²) in [7, 11) is 0. The smallest absolute Gasteiger partial charge is 0.313 e. The topological polar surface area (TPSA) is 87.7 Å². The number of anilines is 1. The van der Waals surface area contributed by atoms with E-state index in [-0.39, 0.29) is 6.61 Å². The lowest BCUT2D eigenvalue weighted by Crippen LogP contribution is -2.43. The lowest BCUT2D eigenvalue weighted by atomic mass is 10.2. The molecule has 1 aromatic carbocycles. The molecule has 0 aromatic heterocycles. The van der Waals surface area contributed by atoms with Crippen LogP contribution >= 0.6 is 0 Å². The van der Waals surface area contributed by atoms with Crippen molar-refractivity contribution in [3.05, 3.63) is 24.3 Å². The summed E-state index contributed by atoms with van der Waals surface area (Å²) >= 11 is 0. The van der Waals surface area contributed by atoms with Crippen LogP contribution in [0.25, 0.3) is 0 Å². The first kappa shape index (κ1) is 19.0. The number of nitrogens with one attached hydrogen (secondary N) is 2. The molecule has 2 amide bonds. The average molecular weight is 322 g/mol. The van der Waals surface area contributed by atoms with E-state index in [1.807, 2.05) is 6.92 Å². The second-order valence-corrected chi connectivity index (χ2v) is 5.30. The minimum Gasteiger partial charge on any atom is -0.494 e. The van der Waals surface area contributed by atoms with E-state index in [4.69, 9.17) is 9.84 Å². The van der Waals surface area contributed by atoms with Gasteiger partial charge in [-0.3, -0.25) is 9.59 Å². The quantitative estimate of drug-likeness (QED) is 0.480. The first-order valence-corrected chi connectivity index (χ1v) is 8.06. The summed E-state index contributed by atoms with van der Waals surface area (Å²) in [6.07, 6.45) is 3.85. The van der Waals surface area contributed by atoms with Gasteiger partial charge in [-0.1, -0.05) is 26.7 Å². The Bertz CT molecular complexity index is 484. The summed E-state index contributed by atoms with van der Waals surface area (Å²) < 4.78 is 5.58. The van der Waals surface area contributed by atoms with Crippen molar-refractivity contribution in [1.29, 1.82) is 0 Å². The summed E-state index contributed by atoms with van der Waals surface area (Å²) in [6.45, 7) is 4.43. The predicted molar refractivity (Wildman–Crippen MR) is 89.4 cm³/mol. The maximum absolute atomic E-state index is 11.8. The van der Waals surface area contributed by atoms with Crippen LogP contribution in [0.4, 0.5) is 5.69 Å². The fraction of sp³-hybridized carbons (Fsp3) is 0.529. The van der Waals surface area contributed by atoms with Gasteiger partial charge in [0.2, 0.25) is 0 Å². The van der Waals surface area contributed by atoms with Crippen LogP contribution in [0.5, 0.6) is 5.75 Å². The molecule has 1 aromatic rings. The number of hydrogen-bond acceptors (Lipinski definition) is 4. The van der Waals surface area contributed by atoms with Crippen LogP contribution in [0.2, 0.25) is 0 Å². The molecule has 0 saturated carbocycles. The monoisotopic (exact) mass is 322 g/mol. The zero-order chi connectivity index (χ0) is 17.1. The Morgan fingerprint density at radius 3 is 2.39 bits per heavy atom. The van der Waals surface area contributed by atoms with E-state index in [0.29, 0.717) is 18.7 Å². The standard InChI is InChI=1S/C17H26N2O4/c1-3-5-6-11-23-15-9-7-14(8-10-15)19-17(22)16(21)18-13(4-2)12-20/h7-10,13,20H,3-6,11-12H2,1-2H3,(H,18,21)(H,19,22)/t13-/m0/s1. The van der Waals surface area contributed by atoms with Crippen LogP contribution in [-0.4, -0.2) is 36.2 Å². The molecule has 0 bridgehead atoms. The molecule has 0 aliphatic rings. The van der Waals surface area contributed by atoms with Gasteiger partial charge in [0.05, 0.1) is 19.3 Å². The molecule has 3 N–H and O–H groups in total. The van der Waals surface area contributed by atoms with Gasteiger partial charge < -0.3 is 20.5 Å². The Morgan fingerprint density at radius 1 is 1.13 bits per heavy atom. The van der Waals surface area contributed by atoms with Crippen LogP contribution < -0.4 is 15.4 Å². The van der Waals surface area contributed by atoms with Gasteiger partial charge in [-0.2, -0.15) is 0 Å². The van der Waals surface area contributed by atoms with Crippen molar-refractivity contribution < 1.29 is 19.4 Å². The summed E-state index contributed by atoms with van der Waals surface area (Å²) in [4.78, 5) is 23.5. The summed E-state index contributed by atoms with van der Waals surface area (Å²) in [5.74, 6) is -0.783. The number of carbonyl (C=O) groups is 2. The average Bonchev–Trinajstić information content (AvgIpc) is 2.57. The van der Waals surface area contributed by atoms with Crippen LogP contribution in [0.3, 0.4) is 0 Å². The fourth-order valence-electron chi connectivity index (χ4n) is 1.89. The van der Waals surface area contributed by atoms with E-state index in [1.54, 1.807) is 24.3 Å². The molecular formula is C17H26N2O4. The second-order valence-electron chi connectivity index (χ2n) is 5.30. The zero-order valence-corrected chi connectivity index (χ0v) is 13.8. The highest BCUT2D eigenvalue weighted by atomic mass is 16.5. The Hall–Kier alpha value is -2.08. The second kappa shape index (κ2) is 10.6. The van der Waals surface area contributed by atoms with Crippen molar-refractivity contribution in [2.45, 2.75) is 45.6 Å². The van der Waals surface area contributed by atoms with E-state index in [2.05, 4.69) is 17.6 Å². The molecule has 0 spiro atoms. The molecular weight excluding hydrogens is 296 g/mol. The number of ether oxygens (including phenoxy) is 1. The number of hydrogen-bond donors (Lipinski definition) is 3. The number of amides is 2. The molecule has 0 radical (unpaired) electrons. The molecule has 6 nitrogen and oxygen atoms in total. The van der Waals surface area contributed by atoms with Gasteiger partial charge in [0, 0.05) is 5.69 Å². The first-order valence-electron chi connectivity index (χ1n) is 8.06. The maximum Gasteiger partial charge on any atom is 0.313 e. The zero-order valence-electron chi connectivity index (χ0n) is 13.8. The minimum atomic E-state index is -0.759. The Morgan fingerprint density at radius 2 is 1.83 bits per heavy atom. The highest BCUT2D eigenvalue weighted by Gasteiger charge is 2.17. The van der Waals surface area contributed by atoms with E-state index in [1.165, 1.54) is 0 Å². The van der Waals surface area contributed by atoms with Crippen molar-refractivity contribution in [2.24, 2.45) is 0 Å². The van der Waals surface area contributed by atoms with E-state index in [0.717, 1.165) is 25.0 Å². The Labute approximate surface area is 137 Å². The Kier molecular flexibility index (Phi) is 8.75. The molecule has 0 aliphatic heterocycles. The molecule has 1 atom stereocenters. The third kappa shape index (κ3) is 7.15. The van der Waals surface area contributed by atoms with Gasteiger partial charge >= 0.3 is 11.8 Å². The minimum absolute atomic E-state index is 0.195. The van der Waals surface area contributed by atoms with Crippen molar-refractivity contribution in [1.82, 2.24) is 5.32 Å². The van der Waals surface area contributed by atoms with Crippen molar-refractivity contribution in [2.75, 3.05) is 18.5 Å². The molecule has 0 saturated heterocycles. The summed E-state index contributed by atoms with van der Waals surface area (Å²) in [5.41, 5.74) is 0.517. The van der Waals surface area contributed by atoms with Gasteiger partial charge in [-0.25, -0.2) is 0 Å². The van der Waals surface area contributed by atoms with Crippen LogP contribution in [0.1, 0.15) is 39.5 Å². The first-order chi connectivity index (χ1) is 11.1. The largest absolute Gasteiger partial charge is 0.494 e. The van der Waals surface area contributed by atoms with E-state index in [9.17, 15) is 9.59 Å². The molecule has 1 rings (SSSR count). The SMILES string of the molecule is CCCCCOc1ccc(NC(=O)C(=O)N[C@@H](CC)CO)cc1. The molecule has 0 aliphatic carbocycles. The molecule has 6 heteroatoms. The van der Waals surface area contributed by atoms with Gasteiger partial charge in [-0.05, 0) is 37.1 Å². The maximum atomic E-state index is 11.8. The molecule has 0 unspecified atom stereocenters. The third-order valence-corrected chi connectivity index (χ3v) is 3.38.